The predicted octanol–water partition coefficient (Wildman–Crippen LogP) is 5.11. The highest BCUT2D eigenvalue weighted by Crippen LogP contribution is 2.45. The van der Waals surface area contributed by atoms with Crippen LogP contribution in [0.5, 0.6) is 0 Å². The molecule has 3 fully saturated rings. The van der Waals surface area contributed by atoms with E-state index in [0.717, 1.165) is 6.42 Å². The van der Waals surface area contributed by atoms with Crippen molar-refractivity contribution in [2.24, 2.45) is 5.92 Å². The number of rotatable bonds is 4. The fraction of sp³-hybridized carbons (Fsp3) is 0.536. The van der Waals surface area contributed by atoms with Gasteiger partial charge in [-0.3, -0.25) is 4.90 Å². The Morgan fingerprint density at radius 2 is 1.55 bits per heavy atom. The quantitative estimate of drug-likeness (QED) is 0.708. The number of nitrogens with zero attached hydrogens (tertiary/aromatic N) is 1. The molecule has 2 aromatic rings. The maximum absolute atomic E-state index is 13.3. The maximum atomic E-state index is 13.3. The van der Waals surface area contributed by atoms with E-state index in [9.17, 15) is 9.90 Å². The third kappa shape index (κ3) is 3.85. The fourth-order valence-electron chi connectivity index (χ4n) is 6.96. The lowest BCUT2D eigenvalue weighted by Gasteiger charge is -2.51. The Morgan fingerprint density at radius 1 is 0.970 bits per heavy atom. The van der Waals surface area contributed by atoms with Gasteiger partial charge < -0.3 is 14.6 Å². The average Bonchev–Trinajstić information content (AvgIpc) is 3.42. The van der Waals surface area contributed by atoms with Crippen LogP contribution >= 0.6 is 0 Å². The highest BCUT2D eigenvalue weighted by Gasteiger charge is 2.49. The molecular formula is C28H33NO4. The first kappa shape index (κ1) is 21.2. The van der Waals surface area contributed by atoms with Crippen LogP contribution in [-0.2, 0) is 9.47 Å². The van der Waals surface area contributed by atoms with Gasteiger partial charge in [0, 0.05) is 5.92 Å². The molecule has 2 heterocycles. The summed E-state index contributed by atoms with van der Waals surface area (Å²) in [4.78, 5) is 15.2. The third-order valence-corrected chi connectivity index (χ3v) is 8.33. The zero-order valence-corrected chi connectivity index (χ0v) is 19.1. The monoisotopic (exact) mass is 447 g/mol. The van der Waals surface area contributed by atoms with E-state index >= 15 is 0 Å². The summed E-state index contributed by atoms with van der Waals surface area (Å²) in [5.41, 5.74) is 4.22. The van der Waals surface area contributed by atoms with Gasteiger partial charge in [-0.2, -0.15) is 0 Å². The Bertz CT molecular complexity index is 971. The molecule has 174 valence electrons. The topological polar surface area (TPSA) is 59.0 Å². The normalized spacial score (nSPS) is 29.1. The first-order valence-corrected chi connectivity index (χ1v) is 12.5. The van der Waals surface area contributed by atoms with E-state index in [1.54, 1.807) is 0 Å². The molecule has 0 radical (unpaired) electrons. The van der Waals surface area contributed by atoms with E-state index in [4.69, 9.17) is 9.47 Å². The van der Waals surface area contributed by atoms with Crippen LogP contribution in [0.25, 0.3) is 11.1 Å². The molecule has 5 heteroatoms. The minimum absolute atomic E-state index is 0.0570. The minimum Gasteiger partial charge on any atom is -0.448 e. The number of hydrogen-bond donors (Lipinski definition) is 1. The molecule has 0 spiro atoms. The second-order valence-electron chi connectivity index (χ2n) is 10.5. The summed E-state index contributed by atoms with van der Waals surface area (Å²) in [7, 11) is 0. The van der Waals surface area contributed by atoms with E-state index in [-0.39, 0.29) is 24.1 Å². The maximum Gasteiger partial charge on any atom is 0.410 e. The summed E-state index contributed by atoms with van der Waals surface area (Å²) in [6.45, 7) is 1.29. The number of piperidine rings is 1. The second-order valence-corrected chi connectivity index (χ2v) is 10.5. The fourth-order valence-corrected chi connectivity index (χ4v) is 6.96. The standard InChI is InChI=1S/C28H33NO4/c30-27(33-18-26-24-11-5-3-9-22(24)23-10-4-6-12-25(23)26)29-20-14-28(31,13-19-7-1-2-8-19)15-21(29)17-32-16-20/h3-6,9-12,19-21,26,31H,1-2,7-8,13-18H2. The average molecular weight is 448 g/mol. The van der Waals surface area contributed by atoms with Crippen LogP contribution in [0.1, 0.15) is 62.0 Å². The largest absolute Gasteiger partial charge is 0.448 e. The summed E-state index contributed by atoms with van der Waals surface area (Å²) in [6.07, 6.45) is 6.78. The molecule has 2 unspecified atom stereocenters. The molecule has 2 atom stereocenters. The van der Waals surface area contributed by atoms with Crippen molar-refractivity contribution < 1.29 is 19.4 Å². The molecule has 33 heavy (non-hydrogen) atoms. The zero-order chi connectivity index (χ0) is 22.4. The molecule has 2 aliphatic heterocycles. The van der Waals surface area contributed by atoms with Crippen LogP contribution in [0, 0.1) is 5.92 Å². The number of hydrogen-bond acceptors (Lipinski definition) is 4. The number of fused-ring (bicyclic) bond motifs is 5. The summed E-state index contributed by atoms with van der Waals surface area (Å²) in [5.74, 6) is 0.680. The minimum atomic E-state index is -0.686. The van der Waals surface area contributed by atoms with E-state index in [1.165, 1.54) is 47.9 Å². The third-order valence-electron chi connectivity index (χ3n) is 8.33. The number of carbonyl (C=O) groups excluding carboxylic acids is 1. The molecule has 1 amide bonds. The summed E-state index contributed by atoms with van der Waals surface area (Å²) < 4.78 is 11.8. The van der Waals surface area contributed by atoms with E-state index in [2.05, 4.69) is 48.5 Å². The summed E-state index contributed by atoms with van der Waals surface area (Å²) >= 11 is 0. The van der Waals surface area contributed by atoms with Gasteiger partial charge in [0.1, 0.15) is 6.61 Å². The molecule has 1 N–H and O–H groups in total. The van der Waals surface area contributed by atoms with Gasteiger partial charge in [-0.05, 0) is 47.4 Å². The molecule has 2 aliphatic carbocycles. The van der Waals surface area contributed by atoms with Gasteiger partial charge in [0.25, 0.3) is 0 Å². The summed E-state index contributed by atoms with van der Waals surface area (Å²) in [5, 5.41) is 11.4. The van der Waals surface area contributed by atoms with Gasteiger partial charge in [-0.15, -0.1) is 0 Å². The van der Waals surface area contributed by atoms with Crippen molar-refractivity contribution in [1.29, 1.82) is 0 Å². The lowest BCUT2D eigenvalue weighted by atomic mass is 9.76. The summed E-state index contributed by atoms with van der Waals surface area (Å²) in [6, 6.07) is 16.6. The van der Waals surface area contributed by atoms with E-state index in [1.807, 2.05) is 4.90 Å². The van der Waals surface area contributed by atoms with Crippen molar-refractivity contribution >= 4 is 6.09 Å². The molecular weight excluding hydrogens is 414 g/mol. The number of benzene rings is 2. The molecule has 5 nitrogen and oxygen atoms in total. The number of aliphatic hydroxyl groups is 1. The van der Waals surface area contributed by atoms with E-state index in [0.29, 0.717) is 38.6 Å². The van der Waals surface area contributed by atoms with Crippen LogP contribution < -0.4 is 0 Å². The molecule has 4 aliphatic rings. The van der Waals surface area contributed by atoms with Gasteiger partial charge in [-0.1, -0.05) is 74.2 Å². The smallest absolute Gasteiger partial charge is 0.410 e. The number of carbonyl (C=O) groups is 1. The van der Waals surface area contributed by atoms with Crippen molar-refractivity contribution in [2.45, 2.75) is 68.5 Å². The number of morpholine rings is 1. The second kappa shape index (κ2) is 8.44. The zero-order valence-electron chi connectivity index (χ0n) is 19.1. The molecule has 0 aromatic heterocycles. The van der Waals surface area contributed by atoms with Crippen molar-refractivity contribution in [3.8, 4) is 11.1 Å². The van der Waals surface area contributed by atoms with Gasteiger partial charge >= 0.3 is 6.09 Å². The lowest BCUT2D eigenvalue weighted by molar-refractivity contribution is -0.139. The van der Waals surface area contributed by atoms with Crippen molar-refractivity contribution in [1.82, 2.24) is 4.90 Å². The number of ether oxygens (including phenoxy) is 2. The van der Waals surface area contributed by atoms with E-state index < -0.39 is 5.60 Å². The highest BCUT2D eigenvalue weighted by atomic mass is 16.6. The van der Waals surface area contributed by atoms with Crippen molar-refractivity contribution in [3.05, 3.63) is 59.7 Å². The van der Waals surface area contributed by atoms with Crippen LogP contribution in [0.4, 0.5) is 4.79 Å². The predicted molar refractivity (Wildman–Crippen MR) is 126 cm³/mol. The lowest BCUT2D eigenvalue weighted by Crippen LogP contribution is -2.63. The Hall–Kier alpha value is -2.37. The Morgan fingerprint density at radius 3 is 2.15 bits per heavy atom. The molecule has 1 saturated carbocycles. The van der Waals surface area contributed by atoms with Crippen molar-refractivity contribution in [2.75, 3.05) is 19.8 Å². The Kier molecular flexibility index (Phi) is 5.42. The van der Waals surface area contributed by atoms with Gasteiger partial charge in [0.05, 0.1) is 30.9 Å². The Labute approximate surface area is 195 Å². The van der Waals surface area contributed by atoms with Crippen molar-refractivity contribution in [3.63, 3.8) is 0 Å². The van der Waals surface area contributed by atoms with Crippen LogP contribution in [0.2, 0.25) is 0 Å². The van der Waals surface area contributed by atoms with Gasteiger partial charge in [0.15, 0.2) is 0 Å². The SMILES string of the molecule is O=C(OCC1c2ccccc2-c2ccccc21)N1C2COCC1CC(O)(CC1CCCC1)C2. The number of amides is 1. The molecule has 2 aromatic carbocycles. The van der Waals surface area contributed by atoms with Gasteiger partial charge in [-0.25, -0.2) is 4.79 Å². The first-order chi connectivity index (χ1) is 16.1. The van der Waals surface area contributed by atoms with Crippen LogP contribution in [0.15, 0.2) is 48.5 Å². The molecule has 2 saturated heterocycles. The molecule has 2 bridgehead atoms. The van der Waals surface area contributed by atoms with Crippen LogP contribution in [-0.4, -0.2) is 53.6 Å². The highest BCUT2D eigenvalue weighted by molar-refractivity contribution is 5.79. The van der Waals surface area contributed by atoms with Crippen LogP contribution in [0.3, 0.4) is 0 Å². The first-order valence-electron chi connectivity index (χ1n) is 12.5. The molecule has 6 rings (SSSR count). The Balaban J connectivity index is 1.16. The van der Waals surface area contributed by atoms with Gasteiger partial charge in [0.2, 0.25) is 0 Å².